The van der Waals surface area contributed by atoms with Crippen LogP contribution in [0.2, 0.25) is 5.02 Å². The third-order valence-corrected chi connectivity index (χ3v) is 4.10. The molecule has 0 bridgehead atoms. The normalized spacial score (nSPS) is 21.3. The number of nitro groups is 1. The van der Waals surface area contributed by atoms with Crippen LogP contribution in [0.3, 0.4) is 0 Å². The number of benzene rings is 1. The van der Waals surface area contributed by atoms with Crippen LogP contribution in [-0.4, -0.2) is 36.1 Å². The van der Waals surface area contributed by atoms with Gasteiger partial charge in [0.15, 0.2) is 0 Å². The fourth-order valence-corrected chi connectivity index (χ4v) is 2.98. The summed E-state index contributed by atoms with van der Waals surface area (Å²) in [5.41, 5.74) is -1.47. The maximum Gasteiger partial charge on any atom is 0.331 e. The van der Waals surface area contributed by atoms with E-state index in [2.05, 4.69) is 0 Å². The van der Waals surface area contributed by atoms with Crippen LogP contribution in [0.4, 0.5) is 0 Å². The molecule has 0 unspecified atom stereocenters. The van der Waals surface area contributed by atoms with Crippen molar-refractivity contribution in [1.82, 2.24) is 0 Å². The van der Waals surface area contributed by atoms with Gasteiger partial charge in [-0.15, -0.1) is 0 Å². The number of carbonyl (C=O) groups is 2. The Morgan fingerprint density at radius 3 is 2.04 bits per heavy atom. The minimum absolute atomic E-state index is 0.0117. The molecule has 0 saturated heterocycles. The molecule has 2 rings (SSSR count). The molecule has 0 amide bonds. The highest BCUT2D eigenvalue weighted by molar-refractivity contribution is 6.30. The lowest BCUT2D eigenvalue weighted by atomic mass is 9.99. The van der Waals surface area contributed by atoms with E-state index >= 15 is 0 Å². The monoisotopic (exact) mass is 341 g/mol. The number of halogens is 1. The summed E-state index contributed by atoms with van der Waals surface area (Å²) in [4.78, 5) is 35.5. The summed E-state index contributed by atoms with van der Waals surface area (Å²) < 4.78 is 9.84. The summed E-state index contributed by atoms with van der Waals surface area (Å²) in [6, 6.07) is 4.80. The molecule has 1 saturated carbocycles. The molecular weight excluding hydrogens is 326 g/mol. The molecule has 124 valence electrons. The smallest absolute Gasteiger partial charge is 0.331 e. The van der Waals surface area contributed by atoms with Gasteiger partial charge in [0.1, 0.15) is 0 Å². The summed E-state index contributed by atoms with van der Waals surface area (Å²) in [5.74, 6) is -2.80. The van der Waals surface area contributed by atoms with Crippen LogP contribution < -0.4 is 0 Å². The number of hydrogen-bond acceptors (Lipinski definition) is 6. The van der Waals surface area contributed by atoms with Gasteiger partial charge in [0, 0.05) is 9.95 Å². The molecule has 23 heavy (non-hydrogen) atoms. The second kappa shape index (κ2) is 6.54. The van der Waals surface area contributed by atoms with E-state index in [1.54, 1.807) is 38.1 Å². The highest BCUT2D eigenvalue weighted by Crippen LogP contribution is 2.62. The number of hydrogen-bond donors (Lipinski definition) is 0. The fourth-order valence-electron chi connectivity index (χ4n) is 2.85. The summed E-state index contributed by atoms with van der Waals surface area (Å²) >= 11 is 5.81. The molecule has 2 atom stereocenters. The molecule has 7 nitrogen and oxygen atoms in total. The molecule has 8 heteroatoms. The Hall–Kier alpha value is -2.15. The third-order valence-electron chi connectivity index (χ3n) is 3.85. The second-order valence-electron chi connectivity index (χ2n) is 5.07. The Morgan fingerprint density at radius 2 is 1.65 bits per heavy atom. The van der Waals surface area contributed by atoms with Crippen LogP contribution >= 0.6 is 11.6 Å². The highest BCUT2D eigenvalue weighted by atomic mass is 35.5. The van der Waals surface area contributed by atoms with Crippen LogP contribution in [0, 0.1) is 15.5 Å². The molecule has 1 aliphatic carbocycles. The van der Waals surface area contributed by atoms with Gasteiger partial charge in [-0.25, -0.2) is 0 Å². The number of nitrogens with zero attached hydrogens (tertiary/aromatic N) is 1. The Kier molecular flexibility index (Phi) is 4.89. The maximum atomic E-state index is 12.4. The zero-order chi connectivity index (χ0) is 17.2. The quantitative estimate of drug-likeness (QED) is 0.340. The fraction of sp³-hybridized carbons (Fsp3) is 0.467. The van der Waals surface area contributed by atoms with Gasteiger partial charge < -0.3 is 9.47 Å². The lowest BCUT2D eigenvalue weighted by Crippen LogP contribution is -2.35. The van der Waals surface area contributed by atoms with Gasteiger partial charge in [0.25, 0.3) is 0 Å². The molecule has 1 aromatic carbocycles. The van der Waals surface area contributed by atoms with Crippen molar-refractivity contribution in [1.29, 1.82) is 0 Å². The van der Waals surface area contributed by atoms with E-state index in [-0.39, 0.29) is 13.2 Å². The van der Waals surface area contributed by atoms with E-state index < -0.39 is 34.2 Å². The Labute approximate surface area is 137 Å². The Bertz CT molecular complexity index is 611. The second-order valence-corrected chi connectivity index (χ2v) is 5.51. The molecule has 0 N–H and O–H groups in total. The topological polar surface area (TPSA) is 95.7 Å². The van der Waals surface area contributed by atoms with Gasteiger partial charge in [-0.3, -0.25) is 19.7 Å². The first kappa shape index (κ1) is 17.2. The number of rotatable bonds is 6. The Balaban J connectivity index is 2.49. The van der Waals surface area contributed by atoms with Gasteiger partial charge in [0.2, 0.25) is 11.5 Å². The van der Waals surface area contributed by atoms with E-state index in [4.69, 9.17) is 21.1 Å². The first-order chi connectivity index (χ1) is 10.9. The van der Waals surface area contributed by atoms with Crippen LogP contribution in [0.1, 0.15) is 25.3 Å². The molecule has 0 radical (unpaired) electrons. The lowest BCUT2D eigenvalue weighted by Gasteiger charge is -2.13. The van der Waals surface area contributed by atoms with Crippen molar-refractivity contribution in [2.75, 3.05) is 13.2 Å². The Morgan fingerprint density at radius 1 is 1.17 bits per heavy atom. The zero-order valence-electron chi connectivity index (χ0n) is 12.7. The van der Waals surface area contributed by atoms with E-state index in [1.165, 1.54) is 0 Å². The van der Waals surface area contributed by atoms with Gasteiger partial charge in [-0.1, -0.05) is 23.7 Å². The van der Waals surface area contributed by atoms with Crippen molar-refractivity contribution in [3.63, 3.8) is 0 Å². The minimum Gasteiger partial charge on any atom is -0.465 e. The van der Waals surface area contributed by atoms with Crippen molar-refractivity contribution in [2.24, 2.45) is 5.41 Å². The predicted molar refractivity (Wildman–Crippen MR) is 80.7 cm³/mol. The molecule has 0 heterocycles. The van der Waals surface area contributed by atoms with E-state index in [1.807, 2.05) is 0 Å². The average molecular weight is 342 g/mol. The van der Waals surface area contributed by atoms with Crippen molar-refractivity contribution >= 4 is 23.5 Å². The van der Waals surface area contributed by atoms with Crippen LogP contribution in [0.5, 0.6) is 0 Å². The molecular formula is C15H16ClNO6. The van der Waals surface area contributed by atoms with Crippen LogP contribution in [0.25, 0.3) is 0 Å². The predicted octanol–water partition coefficient (Wildman–Crippen LogP) is 2.20. The largest absolute Gasteiger partial charge is 0.465 e. The highest BCUT2D eigenvalue weighted by Gasteiger charge is 2.85. The van der Waals surface area contributed by atoms with Crippen molar-refractivity contribution in [2.45, 2.75) is 25.8 Å². The number of ether oxygens (including phenoxy) is 2. The van der Waals surface area contributed by atoms with E-state index in [0.29, 0.717) is 10.6 Å². The zero-order valence-corrected chi connectivity index (χ0v) is 13.4. The first-order valence-corrected chi connectivity index (χ1v) is 7.52. The third kappa shape index (κ3) is 2.76. The van der Waals surface area contributed by atoms with Crippen LogP contribution in [-0.2, 0) is 19.1 Å². The first-order valence-electron chi connectivity index (χ1n) is 7.14. The minimum atomic E-state index is -1.94. The summed E-state index contributed by atoms with van der Waals surface area (Å²) in [5, 5.41) is 11.9. The number of carbonyl (C=O) groups excluding carboxylic acids is 2. The summed E-state index contributed by atoms with van der Waals surface area (Å²) in [6.07, 6.45) is 0. The molecule has 1 fully saturated rings. The standard InChI is InChI=1S/C15H16ClNO6/c1-3-22-13(18)15(14(19)23-4-2)11(12(15)17(20)21)9-5-7-10(16)8-6-9/h5-8,11-12H,3-4H2,1-2H3/t11-,12-/m0/s1. The molecule has 0 spiro atoms. The van der Waals surface area contributed by atoms with E-state index in [9.17, 15) is 19.7 Å². The number of esters is 2. The van der Waals surface area contributed by atoms with Crippen LogP contribution in [0.15, 0.2) is 24.3 Å². The molecule has 1 aliphatic rings. The van der Waals surface area contributed by atoms with E-state index in [0.717, 1.165) is 0 Å². The van der Waals surface area contributed by atoms with Gasteiger partial charge in [0.05, 0.1) is 19.1 Å². The molecule has 0 aliphatic heterocycles. The van der Waals surface area contributed by atoms with Gasteiger partial charge in [-0.2, -0.15) is 0 Å². The average Bonchev–Trinajstić information content (AvgIpc) is 3.20. The summed E-state index contributed by atoms with van der Waals surface area (Å²) in [6.45, 7) is 3.16. The lowest BCUT2D eigenvalue weighted by molar-refractivity contribution is -0.501. The molecule has 0 aromatic heterocycles. The SMILES string of the molecule is CCOC(=O)C1(C(=O)OCC)[C@@H]([N+](=O)[O-])[C@@H]1c1ccc(Cl)cc1. The van der Waals surface area contributed by atoms with Gasteiger partial charge in [-0.05, 0) is 31.5 Å². The van der Waals surface area contributed by atoms with Gasteiger partial charge >= 0.3 is 11.9 Å². The maximum absolute atomic E-state index is 12.4. The summed E-state index contributed by atoms with van der Waals surface area (Å²) in [7, 11) is 0. The van der Waals surface area contributed by atoms with Crippen molar-refractivity contribution in [3.05, 3.63) is 45.0 Å². The van der Waals surface area contributed by atoms with Crippen molar-refractivity contribution in [3.8, 4) is 0 Å². The molecule has 1 aromatic rings. The van der Waals surface area contributed by atoms with Crippen molar-refractivity contribution < 1.29 is 24.0 Å².